The lowest BCUT2D eigenvalue weighted by Crippen LogP contribution is -2.76. The van der Waals surface area contributed by atoms with E-state index in [0.717, 1.165) is 13.1 Å². The molecule has 1 aliphatic heterocycles. The average molecular weight is 319 g/mol. The maximum Gasteiger partial charge on any atom is 0.243 e. The molecule has 0 spiro atoms. The van der Waals surface area contributed by atoms with Crippen LogP contribution in [0.25, 0.3) is 0 Å². The van der Waals surface area contributed by atoms with Crippen molar-refractivity contribution >= 4 is 18.3 Å². The van der Waals surface area contributed by atoms with Crippen molar-refractivity contribution in [3.63, 3.8) is 0 Å². The molecule has 1 saturated heterocycles. The van der Waals surface area contributed by atoms with Gasteiger partial charge in [0.2, 0.25) is 5.91 Å². The molecule has 2 fully saturated rings. The lowest BCUT2D eigenvalue weighted by molar-refractivity contribution is -0.181. The molecule has 1 aliphatic carbocycles. The van der Waals surface area contributed by atoms with Gasteiger partial charge in [-0.2, -0.15) is 0 Å². The van der Waals surface area contributed by atoms with E-state index < -0.39 is 5.54 Å². The van der Waals surface area contributed by atoms with Gasteiger partial charge in [-0.3, -0.25) is 4.79 Å². The normalized spacial score (nSPS) is 38.4. The van der Waals surface area contributed by atoms with Crippen molar-refractivity contribution in [2.24, 2.45) is 23.0 Å². The average Bonchev–Trinajstić information content (AvgIpc) is 2.36. The van der Waals surface area contributed by atoms with Crippen molar-refractivity contribution in [3.8, 4) is 0 Å². The first-order valence-electron chi connectivity index (χ1n) is 7.92. The van der Waals surface area contributed by atoms with Crippen LogP contribution in [0.5, 0.6) is 0 Å². The third-order valence-corrected chi connectivity index (χ3v) is 5.37. The minimum absolute atomic E-state index is 0. The summed E-state index contributed by atoms with van der Waals surface area (Å²) in [4.78, 5) is 14.9. The minimum atomic E-state index is -0.760. The first-order valence-corrected chi connectivity index (χ1v) is 7.92. The molecule has 1 heterocycles. The van der Waals surface area contributed by atoms with Gasteiger partial charge in [0.05, 0.1) is 6.10 Å². The van der Waals surface area contributed by atoms with E-state index >= 15 is 0 Å². The number of ether oxygens (including phenoxy) is 1. The number of nitrogens with zero attached hydrogens (tertiary/aromatic N) is 1. The second-order valence-corrected chi connectivity index (χ2v) is 7.50. The zero-order valence-electron chi connectivity index (χ0n) is 14.0. The fourth-order valence-corrected chi connectivity index (χ4v) is 3.91. The summed E-state index contributed by atoms with van der Waals surface area (Å²) in [6.45, 7) is 12.9. The summed E-state index contributed by atoms with van der Waals surface area (Å²) < 4.78 is 5.72. The van der Waals surface area contributed by atoms with Gasteiger partial charge < -0.3 is 15.4 Å². The fourth-order valence-electron chi connectivity index (χ4n) is 3.91. The van der Waals surface area contributed by atoms with Gasteiger partial charge in [-0.1, -0.05) is 27.7 Å². The number of hydrogen-bond donors (Lipinski definition) is 1. The van der Waals surface area contributed by atoms with Gasteiger partial charge in [-0.15, -0.1) is 12.4 Å². The second kappa shape index (κ2) is 6.43. The Morgan fingerprint density at radius 1 is 1.29 bits per heavy atom. The number of rotatable bonds is 3. The number of amides is 1. The quantitative estimate of drug-likeness (QED) is 0.869. The number of carbonyl (C=O) groups is 1. The van der Waals surface area contributed by atoms with Crippen molar-refractivity contribution < 1.29 is 9.53 Å². The van der Waals surface area contributed by atoms with Crippen LogP contribution in [-0.4, -0.2) is 42.1 Å². The molecule has 4 nitrogen and oxygen atoms in total. The summed E-state index contributed by atoms with van der Waals surface area (Å²) in [7, 11) is 0. The molecule has 21 heavy (non-hydrogen) atoms. The second-order valence-electron chi connectivity index (χ2n) is 7.50. The molecule has 2 N–H and O–H groups in total. The predicted octanol–water partition coefficient (Wildman–Crippen LogP) is 2.45. The summed E-state index contributed by atoms with van der Waals surface area (Å²) in [5.74, 6) is 1.26. The molecule has 2 aliphatic rings. The molecule has 0 aromatic carbocycles. The van der Waals surface area contributed by atoms with E-state index in [0.29, 0.717) is 24.9 Å². The van der Waals surface area contributed by atoms with Crippen LogP contribution in [-0.2, 0) is 9.53 Å². The van der Waals surface area contributed by atoms with Crippen molar-refractivity contribution in [2.75, 3.05) is 19.7 Å². The Morgan fingerprint density at radius 3 is 2.24 bits per heavy atom. The molecule has 1 saturated carbocycles. The van der Waals surface area contributed by atoms with E-state index in [9.17, 15) is 4.79 Å². The third-order valence-electron chi connectivity index (χ3n) is 5.37. The van der Waals surface area contributed by atoms with E-state index in [-0.39, 0.29) is 29.8 Å². The van der Waals surface area contributed by atoms with Crippen LogP contribution in [0.3, 0.4) is 0 Å². The van der Waals surface area contributed by atoms with Crippen LogP contribution in [0.15, 0.2) is 0 Å². The highest BCUT2D eigenvalue weighted by Crippen LogP contribution is 2.50. The summed E-state index contributed by atoms with van der Waals surface area (Å²) in [5, 5.41) is 0. The van der Waals surface area contributed by atoms with Gasteiger partial charge in [0.15, 0.2) is 0 Å². The highest BCUT2D eigenvalue weighted by atomic mass is 35.5. The number of carbonyl (C=O) groups excluding carboxylic acids is 1. The van der Waals surface area contributed by atoms with Crippen LogP contribution in [0.4, 0.5) is 0 Å². The summed E-state index contributed by atoms with van der Waals surface area (Å²) >= 11 is 0. The molecular formula is C16H31ClN2O2. The molecule has 1 amide bonds. The molecule has 4 atom stereocenters. The monoisotopic (exact) mass is 318 g/mol. The van der Waals surface area contributed by atoms with Gasteiger partial charge in [-0.05, 0) is 25.2 Å². The molecule has 0 aromatic heterocycles. The van der Waals surface area contributed by atoms with Crippen LogP contribution >= 0.6 is 12.4 Å². The van der Waals surface area contributed by atoms with E-state index in [1.165, 1.54) is 6.42 Å². The Kier molecular flexibility index (Phi) is 5.73. The predicted molar refractivity (Wildman–Crippen MR) is 87.5 cm³/mol. The van der Waals surface area contributed by atoms with Crippen molar-refractivity contribution in [2.45, 2.75) is 59.1 Å². The number of likely N-dealkylation sites (tertiary alicyclic amines) is 1. The Bertz CT molecular complexity index is 378. The fraction of sp³-hybridized carbons (Fsp3) is 0.938. The molecule has 0 radical (unpaired) electrons. The Balaban J connectivity index is 0.00000220. The van der Waals surface area contributed by atoms with Crippen LogP contribution in [0.2, 0.25) is 0 Å². The maximum absolute atomic E-state index is 12.9. The highest BCUT2D eigenvalue weighted by Gasteiger charge is 2.63. The van der Waals surface area contributed by atoms with Gasteiger partial charge in [0.25, 0.3) is 0 Å². The molecule has 0 aromatic rings. The summed E-state index contributed by atoms with van der Waals surface area (Å²) in [6, 6.07) is 0. The number of halogens is 1. The van der Waals surface area contributed by atoms with Crippen LogP contribution < -0.4 is 5.73 Å². The SMILES string of the molecule is CCOC1CC(N)(C(=O)N2CC(C)CC(C)C2)C1(C)C.Cl. The lowest BCUT2D eigenvalue weighted by Gasteiger charge is -2.59. The zero-order valence-corrected chi connectivity index (χ0v) is 14.8. The van der Waals surface area contributed by atoms with Crippen molar-refractivity contribution in [1.82, 2.24) is 4.90 Å². The molecule has 0 bridgehead atoms. The van der Waals surface area contributed by atoms with Gasteiger partial charge in [0.1, 0.15) is 5.54 Å². The van der Waals surface area contributed by atoms with E-state index in [2.05, 4.69) is 27.7 Å². The molecule has 4 unspecified atom stereocenters. The van der Waals surface area contributed by atoms with Crippen LogP contribution in [0, 0.1) is 17.3 Å². The minimum Gasteiger partial charge on any atom is -0.378 e. The first-order chi connectivity index (χ1) is 9.22. The Hall–Kier alpha value is -0.320. The Labute approximate surface area is 135 Å². The third kappa shape index (κ3) is 3.08. The van der Waals surface area contributed by atoms with E-state index in [1.807, 2.05) is 11.8 Å². The summed E-state index contributed by atoms with van der Waals surface area (Å²) in [5.41, 5.74) is 5.45. The van der Waals surface area contributed by atoms with Gasteiger partial charge >= 0.3 is 0 Å². The maximum atomic E-state index is 12.9. The lowest BCUT2D eigenvalue weighted by atomic mass is 9.54. The molecule has 2 rings (SSSR count). The molecular weight excluding hydrogens is 288 g/mol. The topological polar surface area (TPSA) is 55.6 Å². The standard InChI is InChI=1S/C16H30N2O2.ClH/c1-6-20-13-8-16(17,15(13,4)5)14(19)18-9-11(2)7-12(3)10-18;/h11-13H,6-10,17H2,1-5H3;1H. The first kappa shape index (κ1) is 18.7. The van der Waals surface area contributed by atoms with E-state index in [4.69, 9.17) is 10.5 Å². The van der Waals surface area contributed by atoms with Crippen molar-refractivity contribution in [3.05, 3.63) is 0 Å². The van der Waals surface area contributed by atoms with Gasteiger partial charge in [0, 0.05) is 31.5 Å². The highest BCUT2D eigenvalue weighted by molar-refractivity contribution is 5.89. The molecule has 124 valence electrons. The zero-order chi connectivity index (χ0) is 15.1. The van der Waals surface area contributed by atoms with Crippen molar-refractivity contribution in [1.29, 1.82) is 0 Å². The summed E-state index contributed by atoms with van der Waals surface area (Å²) in [6.07, 6.45) is 1.94. The van der Waals surface area contributed by atoms with Crippen LogP contribution in [0.1, 0.15) is 47.5 Å². The largest absolute Gasteiger partial charge is 0.378 e. The number of piperidine rings is 1. The van der Waals surface area contributed by atoms with Gasteiger partial charge in [-0.25, -0.2) is 0 Å². The smallest absolute Gasteiger partial charge is 0.243 e. The number of nitrogens with two attached hydrogens (primary N) is 1. The van der Waals surface area contributed by atoms with E-state index in [1.54, 1.807) is 0 Å². The Morgan fingerprint density at radius 2 is 1.81 bits per heavy atom. The number of hydrogen-bond acceptors (Lipinski definition) is 3. The molecule has 5 heteroatoms.